The maximum absolute atomic E-state index is 8.99. The Morgan fingerprint density at radius 3 is 1.80 bits per heavy atom. The van der Waals surface area contributed by atoms with E-state index < -0.39 is 0 Å². The van der Waals surface area contributed by atoms with E-state index in [-0.39, 0.29) is 5.76 Å². The fraction of sp³-hybridized carbons (Fsp3) is 0.368. The zero-order valence-electron chi connectivity index (χ0n) is 13.2. The molecule has 0 rings (SSSR count). The highest BCUT2D eigenvalue weighted by atomic mass is 16.3. The third-order valence-electron chi connectivity index (χ3n) is 3.20. The highest BCUT2D eigenvalue weighted by Crippen LogP contribution is 2.20. The van der Waals surface area contributed by atoms with E-state index in [4.69, 9.17) is 5.11 Å². The molecule has 0 spiro atoms. The van der Waals surface area contributed by atoms with Gasteiger partial charge in [-0.15, -0.1) is 0 Å². The summed E-state index contributed by atoms with van der Waals surface area (Å²) in [5, 5.41) is 8.99. The Morgan fingerprint density at radius 2 is 1.35 bits per heavy atom. The molecule has 0 heterocycles. The summed E-state index contributed by atoms with van der Waals surface area (Å²) in [5.41, 5.74) is 2.66. The Kier molecular flexibility index (Phi) is 8.38. The van der Waals surface area contributed by atoms with Gasteiger partial charge in [0.25, 0.3) is 0 Å². The van der Waals surface area contributed by atoms with Gasteiger partial charge in [0.05, 0.1) is 0 Å². The van der Waals surface area contributed by atoms with E-state index >= 15 is 0 Å². The van der Waals surface area contributed by atoms with Crippen LogP contribution in [0.5, 0.6) is 0 Å². The Balaban J connectivity index is 4.40. The fourth-order valence-corrected chi connectivity index (χ4v) is 1.55. The van der Waals surface area contributed by atoms with Gasteiger partial charge in [-0.1, -0.05) is 77.3 Å². The fourth-order valence-electron chi connectivity index (χ4n) is 1.55. The highest BCUT2D eigenvalue weighted by Gasteiger charge is 2.05. The van der Waals surface area contributed by atoms with Gasteiger partial charge in [-0.2, -0.15) is 0 Å². The first kappa shape index (κ1) is 18.2. The summed E-state index contributed by atoms with van der Waals surface area (Å²) in [4.78, 5) is 0. The van der Waals surface area contributed by atoms with Crippen LogP contribution in [-0.4, -0.2) is 5.11 Å². The van der Waals surface area contributed by atoms with E-state index in [0.717, 1.165) is 29.1 Å². The SMILES string of the molecule is C=C(O)/C=C\C(=C)C(=C)/C=C\C(=C)C(C)CCC(C)C. The molecular formula is C19H28O. The molecule has 0 bridgehead atoms. The molecule has 0 aliphatic carbocycles. The molecule has 1 atom stereocenters. The van der Waals surface area contributed by atoms with Crippen molar-refractivity contribution in [3.05, 3.63) is 73.1 Å². The van der Waals surface area contributed by atoms with E-state index in [1.807, 2.05) is 12.2 Å². The second kappa shape index (κ2) is 9.19. The highest BCUT2D eigenvalue weighted by molar-refractivity contribution is 5.45. The quantitative estimate of drug-likeness (QED) is 0.408. The molecule has 1 N–H and O–H groups in total. The van der Waals surface area contributed by atoms with Gasteiger partial charge in [-0.25, -0.2) is 0 Å². The molecule has 1 unspecified atom stereocenters. The minimum atomic E-state index is 0.00893. The second-order valence-corrected chi connectivity index (χ2v) is 5.66. The van der Waals surface area contributed by atoms with Crippen LogP contribution in [0.4, 0.5) is 0 Å². The zero-order chi connectivity index (χ0) is 15.7. The molecule has 0 aromatic rings. The van der Waals surface area contributed by atoms with Gasteiger partial charge in [0.15, 0.2) is 0 Å². The number of aliphatic hydroxyl groups excluding tert-OH is 1. The summed E-state index contributed by atoms with van der Waals surface area (Å²) in [5.74, 6) is 1.21. The second-order valence-electron chi connectivity index (χ2n) is 5.66. The van der Waals surface area contributed by atoms with Crippen LogP contribution in [0.2, 0.25) is 0 Å². The largest absolute Gasteiger partial charge is 0.509 e. The summed E-state index contributed by atoms with van der Waals surface area (Å²) in [6.45, 7) is 22.0. The van der Waals surface area contributed by atoms with Crippen molar-refractivity contribution in [1.29, 1.82) is 0 Å². The number of aliphatic hydroxyl groups is 1. The van der Waals surface area contributed by atoms with Gasteiger partial charge < -0.3 is 5.11 Å². The molecule has 0 aliphatic heterocycles. The van der Waals surface area contributed by atoms with E-state index in [1.165, 1.54) is 12.5 Å². The van der Waals surface area contributed by atoms with Crippen LogP contribution in [0, 0.1) is 11.8 Å². The maximum atomic E-state index is 8.99. The molecule has 0 saturated heterocycles. The number of hydrogen-bond donors (Lipinski definition) is 1. The van der Waals surface area contributed by atoms with Gasteiger partial charge in [-0.3, -0.25) is 0 Å². The monoisotopic (exact) mass is 272 g/mol. The number of rotatable bonds is 9. The molecule has 0 saturated carbocycles. The van der Waals surface area contributed by atoms with Crippen LogP contribution in [0.15, 0.2) is 73.1 Å². The molecule has 0 fully saturated rings. The molecule has 1 heteroatoms. The van der Waals surface area contributed by atoms with E-state index in [0.29, 0.717) is 5.92 Å². The lowest BCUT2D eigenvalue weighted by molar-refractivity contribution is 0.435. The van der Waals surface area contributed by atoms with Crippen molar-refractivity contribution in [3.63, 3.8) is 0 Å². The van der Waals surface area contributed by atoms with Crippen LogP contribution in [0.1, 0.15) is 33.6 Å². The summed E-state index contributed by atoms with van der Waals surface area (Å²) in [6.07, 6.45) is 9.48. The summed E-state index contributed by atoms with van der Waals surface area (Å²) >= 11 is 0. The van der Waals surface area contributed by atoms with Crippen LogP contribution in [0.25, 0.3) is 0 Å². The third-order valence-corrected chi connectivity index (χ3v) is 3.20. The first-order chi connectivity index (χ1) is 9.23. The predicted octanol–water partition coefficient (Wildman–Crippen LogP) is 5.91. The Hall–Kier alpha value is -1.76. The topological polar surface area (TPSA) is 20.2 Å². The van der Waals surface area contributed by atoms with Crippen molar-refractivity contribution in [2.45, 2.75) is 33.6 Å². The van der Waals surface area contributed by atoms with Crippen molar-refractivity contribution in [1.82, 2.24) is 0 Å². The van der Waals surface area contributed by atoms with Gasteiger partial charge in [-0.05, 0) is 35.5 Å². The predicted molar refractivity (Wildman–Crippen MR) is 90.7 cm³/mol. The average Bonchev–Trinajstić information content (AvgIpc) is 2.38. The van der Waals surface area contributed by atoms with E-state index in [2.05, 4.69) is 47.1 Å². The first-order valence-corrected chi connectivity index (χ1v) is 7.05. The normalized spacial score (nSPS) is 13.0. The van der Waals surface area contributed by atoms with Crippen LogP contribution < -0.4 is 0 Å². The molecule has 0 amide bonds. The molecular weight excluding hydrogens is 244 g/mol. The van der Waals surface area contributed by atoms with Crippen molar-refractivity contribution in [2.24, 2.45) is 11.8 Å². The molecule has 0 aromatic carbocycles. The van der Waals surface area contributed by atoms with Gasteiger partial charge >= 0.3 is 0 Å². The lowest BCUT2D eigenvalue weighted by atomic mass is 9.93. The lowest BCUT2D eigenvalue weighted by Gasteiger charge is -2.13. The summed E-state index contributed by atoms with van der Waals surface area (Å²) < 4.78 is 0. The number of hydrogen-bond acceptors (Lipinski definition) is 1. The van der Waals surface area contributed by atoms with Crippen molar-refractivity contribution in [3.8, 4) is 0 Å². The molecule has 0 aliphatic rings. The first-order valence-electron chi connectivity index (χ1n) is 7.05. The standard InChI is InChI=1S/C19H28O/c1-14(2)8-9-15(3)16(4)10-11-17(5)18(6)12-13-19(7)20/h10-15,20H,4-9H2,1-3H3/b11-10-,13-12-. The van der Waals surface area contributed by atoms with E-state index in [1.54, 1.807) is 6.08 Å². The Bertz CT molecular complexity index is 433. The smallest absolute Gasteiger partial charge is 0.108 e. The minimum Gasteiger partial charge on any atom is -0.509 e. The van der Waals surface area contributed by atoms with Crippen molar-refractivity contribution < 1.29 is 5.11 Å². The average molecular weight is 272 g/mol. The lowest BCUT2D eigenvalue weighted by Crippen LogP contribution is -1.99. The van der Waals surface area contributed by atoms with Gasteiger partial charge in [0.1, 0.15) is 5.76 Å². The number of allylic oxidation sites excluding steroid dienone is 7. The Labute approximate surface area is 124 Å². The zero-order valence-corrected chi connectivity index (χ0v) is 13.2. The van der Waals surface area contributed by atoms with Crippen molar-refractivity contribution >= 4 is 0 Å². The molecule has 110 valence electrons. The molecule has 0 radical (unpaired) electrons. The molecule has 0 aromatic heterocycles. The summed E-state index contributed by atoms with van der Waals surface area (Å²) in [7, 11) is 0. The van der Waals surface area contributed by atoms with Gasteiger partial charge in [0.2, 0.25) is 0 Å². The minimum absolute atomic E-state index is 0.00893. The van der Waals surface area contributed by atoms with Crippen molar-refractivity contribution in [2.75, 3.05) is 0 Å². The Morgan fingerprint density at radius 1 is 0.850 bits per heavy atom. The van der Waals surface area contributed by atoms with E-state index in [9.17, 15) is 0 Å². The maximum Gasteiger partial charge on any atom is 0.108 e. The summed E-state index contributed by atoms with van der Waals surface area (Å²) in [6, 6.07) is 0. The van der Waals surface area contributed by atoms with Gasteiger partial charge in [0, 0.05) is 0 Å². The third kappa shape index (κ3) is 8.36. The van der Waals surface area contributed by atoms with Crippen LogP contribution >= 0.6 is 0 Å². The van der Waals surface area contributed by atoms with Crippen LogP contribution in [0.3, 0.4) is 0 Å². The molecule has 1 nitrogen and oxygen atoms in total. The van der Waals surface area contributed by atoms with Crippen LogP contribution in [-0.2, 0) is 0 Å². The molecule has 20 heavy (non-hydrogen) atoms.